The van der Waals surface area contributed by atoms with E-state index in [0.717, 1.165) is 31.2 Å². The number of nitrogens with one attached hydrogen (secondary N) is 1. The molecule has 1 unspecified atom stereocenters. The molecule has 14 heteroatoms. The van der Waals surface area contributed by atoms with Crippen LogP contribution >= 0.6 is 0 Å². The molecule has 3 saturated carbocycles. The number of nitro benzene ring substituents is 1. The highest BCUT2D eigenvalue weighted by atomic mass is 16.6. The Labute approximate surface area is 282 Å². The van der Waals surface area contributed by atoms with Gasteiger partial charge in [0.05, 0.1) is 24.6 Å². The Morgan fingerprint density at radius 3 is 2.59 bits per heavy atom. The van der Waals surface area contributed by atoms with Gasteiger partial charge in [-0.2, -0.15) is 0 Å². The van der Waals surface area contributed by atoms with E-state index in [1.807, 2.05) is 19.9 Å². The van der Waals surface area contributed by atoms with E-state index in [1.54, 1.807) is 12.2 Å². The minimum Gasteiger partial charge on any atom is -0.502 e. The molecule has 1 aromatic carbocycles. The van der Waals surface area contributed by atoms with Crippen LogP contribution in [0.5, 0.6) is 5.75 Å². The maximum absolute atomic E-state index is 13.5. The van der Waals surface area contributed by atoms with Crippen molar-refractivity contribution in [2.45, 2.75) is 83.0 Å². The summed E-state index contributed by atoms with van der Waals surface area (Å²) in [6.45, 7) is 3.13. The maximum Gasteiger partial charge on any atom is 0.328 e. The second kappa shape index (κ2) is 13.5. The number of carbonyl (C=O) groups is 5. The van der Waals surface area contributed by atoms with Crippen LogP contribution < -0.4 is 5.32 Å². The lowest BCUT2D eigenvalue weighted by molar-refractivity contribution is -0.385. The minimum atomic E-state index is -1.84. The van der Waals surface area contributed by atoms with E-state index in [1.165, 1.54) is 6.07 Å². The molecule has 0 saturated heterocycles. The van der Waals surface area contributed by atoms with E-state index < -0.39 is 88.0 Å². The first-order chi connectivity index (χ1) is 23.0. The minimum absolute atomic E-state index is 0.00890. The number of ether oxygens (including phenoxy) is 2. The third kappa shape index (κ3) is 6.51. The van der Waals surface area contributed by atoms with Crippen LogP contribution in [0.15, 0.2) is 42.0 Å². The molecular weight excluding hydrogens is 640 g/mol. The highest BCUT2D eigenvalue weighted by Gasteiger charge is 2.68. The number of nitrogens with zero attached hydrogens (tertiary/aromatic N) is 1. The Balaban J connectivity index is 1.16. The molecule has 3 fully saturated rings. The number of allylic oxidation sites excluding steroid dienone is 4. The standard InChI is InChI=1S/C35H42N2O12/c1-33-12-10-21(38)16-20(33)5-6-22-23-11-13-35(45,34(23,2)17-27(40)31(22)33)28(41)18-49-30(43)9-8-29(42)36-24(32(44)48-3)14-19-4-7-26(39)25(15-19)37(46)47/h4,7,10,12,15-16,22-24,27,31,39-40,45H,5-6,8-9,11,13-14,17-18H2,1-3H3,(H,36,42)/t22-,23-,24?,27-,31+,33-,34-,35-/m0/s1. The molecule has 14 nitrogen and oxygen atoms in total. The van der Waals surface area contributed by atoms with Crippen molar-refractivity contribution in [1.29, 1.82) is 0 Å². The highest BCUT2D eigenvalue weighted by Crippen LogP contribution is 2.67. The lowest BCUT2D eigenvalue weighted by atomic mass is 9.46. The van der Waals surface area contributed by atoms with Crippen LogP contribution in [0, 0.1) is 38.7 Å². The quantitative estimate of drug-likeness (QED) is 0.150. The van der Waals surface area contributed by atoms with Crippen molar-refractivity contribution in [1.82, 2.24) is 5.32 Å². The smallest absolute Gasteiger partial charge is 0.328 e. The van der Waals surface area contributed by atoms with Crippen molar-refractivity contribution in [2.75, 3.05) is 13.7 Å². The van der Waals surface area contributed by atoms with Crippen molar-refractivity contribution in [3.8, 4) is 5.75 Å². The molecule has 8 atom stereocenters. The fraction of sp³-hybridized carbons (Fsp3) is 0.571. The maximum atomic E-state index is 13.5. The normalized spacial score (nSPS) is 32.1. The number of nitro groups is 1. The molecule has 0 aromatic heterocycles. The zero-order chi connectivity index (χ0) is 35.9. The predicted octanol–water partition coefficient (Wildman–Crippen LogP) is 2.40. The van der Waals surface area contributed by atoms with E-state index in [2.05, 4.69) is 5.32 Å². The molecule has 0 spiro atoms. The van der Waals surface area contributed by atoms with Crippen molar-refractivity contribution >= 4 is 35.1 Å². The number of Topliss-reactive ketones (excluding diaryl/α,β-unsaturated/α-hetero) is 1. The van der Waals surface area contributed by atoms with E-state index in [4.69, 9.17) is 9.47 Å². The number of aliphatic hydroxyl groups is 2. The number of benzene rings is 1. The van der Waals surface area contributed by atoms with Gasteiger partial charge in [-0.15, -0.1) is 0 Å². The second-order valence-electron chi connectivity index (χ2n) is 14.1. The number of carbonyl (C=O) groups excluding carboxylic acids is 5. The Morgan fingerprint density at radius 2 is 1.90 bits per heavy atom. The topological polar surface area (TPSA) is 220 Å². The van der Waals surface area contributed by atoms with Gasteiger partial charge >= 0.3 is 17.6 Å². The molecular formula is C35H42N2O12. The average Bonchev–Trinajstić information content (AvgIpc) is 3.33. The molecule has 4 N–H and O–H groups in total. The summed E-state index contributed by atoms with van der Waals surface area (Å²) in [6, 6.07) is 2.27. The van der Waals surface area contributed by atoms with Gasteiger partial charge in [0.1, 0.15) is 11.6 Å². The molecule has 0 aliphatic heterocycles. The summed E-state index contributed by atoms with van der Waals surface area (Å²) in [5.74, 6) is -3.98. The fourth-order valence-electron chi connectivity index (χ4n) is 9.02. The van der Waals surface area contributed by atoms with Gasteiger partial charge in [-0.1, -0.05) is 31.6 Å². The zero-order valence-electron chi connectivity index (χ0n) is 27.7. The number of rotatable bonds is 11. The van der Waals surface area contributed by atoms with Gasteiger partial charge in [0, 0.05) is 35.7 Å². The number of hydrogen-bond acceptors (Lipinski definition) is 12. The van der Waals surface area contributed by atoms with E-state index in [9.17, 15) is 49.4 Å². The number of aromatic hydroxyl groups is 1. The van der Waals surface area contributed by atoms with Gasteiger partial charge in [-0.05, 0) is 67.7 Å². The van der Waals surface area contributed by atoms with Crippen LogP contribution in [-0.4, -0.2) is 81.1 Å². The third-order valence-electron chi connectivity index (χ3n) is 11.5. The first kappa shape index (κ1) is 35.9. The Bertz CT molecular complexity index is 1640. The van der Waals surface area contributed by atoms with Crippen molar-refractivity contribution in [2.24, 2.45) is 28.6 Å². The number of phenols is 1. The van der Waals surface area contributed by atoms with Crippen LogP contribution in [0.4, 0.5) is 5.69 Å². The number of ketones is 2. The first-order valence-electron chi connectivity index (χ1n) is 16.4. The lowest BCUT2D eigenvalue weighted by Gasteiger charge is -2.59. The summed E-state index contributed by atoms with van der Waals surface area (Å²) in [7, 11) is 1.10. The van der Waals surface area contributed by atoms with Gasteiger partial charge < -0.3 is 30.1 Å². The Hall–Kier alpha value is -4.43. The van der Waals surface area contributed by atoms with Crippen LogP contribution in [-0.2, 0) is 39.9 Å². The summed E-state index contributed by atoms with van der Waals surface area (Å²) >= 11 is 0. The molecule has 4 aliphatic carbocycles. The summed E-state index contributed by atoms with van der Waals surface area (Å²) in [6.07, 6.45) is 5.48. The number of esters is 2. The average molecular weight is 683 g/mol. The van der Waals surface area contributed by atoms with Crippen LogP contribution in [0.3, 0.4) is 0 Å². The van der Waals surface area contributed by atoms with Crippen molar-refractivity contribution in [3.63, 3.8) is 0 Å². The SMILES string of the molecule is COC(=O)C(Cc1ccc(O)c([N+](=O)[O-])c1)NC(=O)CCC(=O)OCC(=O)[C@@]1(O)CC[C@H]2[C@@H]3CCC4=CC(=O)C=C[C@]4(C)[C@H]3[C@@H](O)C[C@@]21C. The largest absolute Gasteiger partial charge is 0.502 e. The lowest BCUT2D eigenvalue weighted by Crippen LogP contribution is -2.61. The van der Waals surface area contributed by atoms with E-state index in [-0.39, 0.29) is 48.4 Å². The van der Waals surface area contributed by atoms with Crippen LogP contribution in [0.1, 0.15) is 64.4 Å². The third-order valence-corrected chi connectivity index (χ3v) is 11.5. The predicted molar refractivity (Wildman–Crippen MR) is 171 cm³/mol. The molecule has 0 radical (unpaired) electrons. The summed E-state index contributed by atoms with van der Waals surface area (Å²) < 4.78 is 9.91. The Kier molecular flexibility index (Phi) is 9.86. The first-order valence-corrected chi connectivity index (χ1v) is 16.4. The van der Waals surface area contributed by atoms with E-state index >= 15 is 0 Å². The molecule has 49 heavy (non-hydrogen) atoms. The van der Waals surface area contributed by atoms with Crippen molar-refractivity contribution in [3.05, 3.63) is 57.7 Å². The number of methoxy groups -OCH3 is 1. The number of fused-ring (bicyclic) bond motifs is 5. The van der Waals surface area contributed by atoms with Crippen molar-refractivity contribution < 1.29 is 53.7 Å². The monoisotopic (exact) mass is 682 g/mol. The van der Waals surface area contributed by atoms with Gasteiger partial charge in [0.2, 0.25) is 11.7 Å². The Morgan fingerprint density at radius 1 is 1.16 bits per heavy atom. The van der Waals surface area contributed by atoms with E-state index in [0.29, 0.717) is 12.8 Å². The number of hydrogen-bond donors (Lipinski definition) is 4. The fourth-order valence-corrected chi connectivity index (χ4v) is 9.02. The van der Waals surface area contributed by atoms with Crippen LogP contribution in [0.25, 0.3) is 0 Å². The molecule has 0 heterocycles. The molecule has 1 aromatic rings. The van der Waals surface area contributed by atoms with Gasteiger partial charge in [-0.25, -0.2) is 4.79 Å². The highest BCUT2D eigenvalue weighted by molar-refractivity contribution is 6.01. The summed E-state index contributed by atoms with van der Waals surface area (Å²) in [5.41, 5.74) is -2.61. The van der Waals surface area contributed by atoms with Gasteiger partial charge in [0.15, 0.2) is 18.1 Å². The number of aliphatic hydroxyl groups excluding tert-OH is 1. The van der Waals surface area contributed by atoms with Gasteiger partial charge in [-0.3, -0.25) is 29.3 Å². The summed E-state index contributed by atoms with van der Waals surface area (Å²) in [4.78, 5) is 73.5. The molecule has 1 amide bonds. The second-order valence-corrected chi connectivity index (χ2v) is 14.1. The summed E-state index contributed by atoms with van der Waals surface area (Å²) in [5, 5.41) is 46.6. The molecule has 5 rings (SSSR count). The van der Waals surface area contributed by atoms with Crippen LogP contribution in [0.2, 0.25) is 0 Å². The molecule has 4 aliphatic rings. The molecule has 0 bridgehead atoms. The number of amides is 1. The zero-order valence-corrected chi connectivity index (χ0v) is 27.7. The number of phenolic OH excluding ortho intramolecular Hbond substituents is 1. The van der Waals surface area contributed by atoms with Gasteiger partial charge in [0.25, 0.3) is 0 Å². The molecule has 264 valence electrons.